The van der Waals surface area contributed by atoms with Crippen LogP contribution in [0.5, 0.6) is 5.75 Å². The normalized spacial score (nSPS) is 10.7. The topological polar surface area (TPSA) is 22.4 Å². The fourth-order valence-electron chi connectivity index (χ4n) is 2.35. The highest BCUT2D eigenvalue weighted by Crippen LogP contribution is 2.32. The minimum Gasteiger partial charge on any atom is -0.497 e. The van der Waals surface area contributed by atoms with E-state index in [1.54, 1.807) is 7.11 Å². The van der Waals surface area contributed by atoms with E-state index in [4.69, 9.17) is 21.4 Å². The molecule has 3 aromatic rings. The molecule has 2 aromatic carbocycles. The Labute approximate surface area is 122 Å². The lowest BCUT2D eigenvalue weighted by molar-refractivity contribution is 0.414. The molecule has 1 heterocycles. The van der Waals surface area contributed by atoms with Crippen molar-refractivity contribution in [1.82, 2.24) is 0 Å². The lowest BCUT2D eigenvalue weighted by atomic mass is 10.0. The molecule has 0 radical (unpaired) electrons. The van der Waals surface area contributed by atoms with Gasteiger partial charge in [-0.3, -0.25) is 0 Å². The van der Waals surface area contributed by atoms with Crippen LogP contribution in [0.2, 0.25) is 0 Å². The van der Waals surface area contributed by atoms with Crippen molar-refractivity contribution in [3.05, 3.63) is 58.8 Å². The first-order valence-corrected chi connectivity index (χ1v) is 6.78. The summed E-state index contributed by atoms with van der Waals surface area (Å²) in [6, 6.07) is 15.8. The third kappa shape index (κ3) is 2.10. The average Bonchev–Trinajstić information content (AvgIpc) is 2.47. The van der Waals surface area contributed by atoms with Gasteiger partial charge in [0, 0.05) is 17.0 Å². The van der Waals surface area contributed by atoms with Gasteiger partial charge in [0.2, 0.25) is 0 Å². The second-order valence-electron chi connectivity index (χ2n) is 4.59. The summed E-state index contributed by atoms with van der Waals surface area (Å²) in [7, 11) is 1.64. The van der Waals surface area contributed by atoms with E-state index < -0.39 is 0 Å². The highest BCUT2D eigenvalue weighted by Gasteiger charge is 2.11. The lowest BCUT2D eigenvalue weighted by Crippen LogP contribution is -1.88. The smallest absolute Gasteiger partial charge is 0.139 e. The number of ether oxygens (including phenoxy) is 1. The number of aryl methyl sites for hydroxylation is 1. The van der Waals surface area contributed by atoms with Gasteiger partial charge in [-0.05, 0) is 24.6 Å². The molecule has 1 aromatic heterocycles. The van der Waals surface area contributed by atoms with Crippen molar-refractivity contribution >= 4 is 23.2 Å². The van der Waals surface area contributed by atoms with Crippen molar-refractivity contribution in [1.29, 1.82) is 0 Å². The number of rotatable bonds is 2. The van der Waals surface area contributed by atoms with E-state index >= 15 is 0 Å². The van der Waals surface area contributed by atoms with Gasteiger partial charge in [0.1, 0.15) is 17.1 Å². The van der Waals surface area contributed by atoms with E-state index in [1.807, 2.05) is 55.5 Å². The maximum atomic E-state index is 5.92. The van der Waals surface area contributed by atoms with E-state index in [-0.39, 0.29) is 0 Å². The Hall–Kier alpha value is -2.13. The molecular formula is C17H14O2S. The summed E-state index contributed by atoms with van der Waals surface area (Å²) in [5.74, 6) is 1.59. The van der Waals surface area contributed by atoms with Gasteiger partial charge in [0.05, 0.1) is 11.6 Å². The van der Waals surface area contributed by atoms with Gasteiger partial charge in [0.15, 0.2) is 0 Å². The molecule has 0 spiro atoms. The zero-order valence-corrected chi connectivity index (χ0v) is 12.2. The molecule has 0 unspecified atom stereocenters. The van der Waals surface area contributed by atoms with Gasteiger partial charge in [-0.2, -0.15) is 0 Å². The van der Waals surface area contributed by atoms with Gasteiger partial charge < -0.3 is 9.15 Å². The molecule has 0 N–H and O–H groups in total. The Balaban J connectivity index is 2.33. The Morgan fingerprint density at radius 3 is 2.50 bits per heavy atom. The van der Waals surface area contributed by atoms with Crippen LogP contribution in [0.15, 0.2) is 52.9 Å². The molecule has 0 aliphatic carbocycles. The first-order chi connectivity index (χ1) is 9.70. The Morgan fingerprint density at radius 2 is 1.80 bits per heavy atom. The summed E-state index contributed by atoms with van der Waals surface area (Å²) in [6.07, 6.45) is 0. The molecule has 3 heteroatoms. The molecule has 3 rings (SSSR count). The SMILES string of the molecule is COc1ccc2c(=S)c(-c3ccccc3)c(C)oc2c1. The van der Waals surface area contributed by atoms with Gasteiger partial charge in [0.25, 0.3) is 0 Å². The van der Waals surface area contributed by atoms with Crippen molar-refractivity contribution in [3.63, 3.8) is 0 Å². The zero-order valence-electron chi connectivity index (χ0n) is 11.3. The monoisotopic (exact) mass is 282 g/mol. The van der Waals surface area contributed by atoms with Gasteiger partial charge in [-0.15, -0.1) is 0 Å². The molecule has 0 saturated carbocycles. The van der Waals surface area contributed by atoms with Crippen LogP contribution in [-0.4, -0.2) is 7.11 Å². The zero-order chi connectivity index (χ0) is 14.1. The molecule has 0 saturated heterocycles. The first kappa shape index (κ1) is 12.9. The fraction of sp³-hybridized carbons (Fsp3) is 0.118. The van der Waals surface area contributed by atoms with Gasteiger partial charge >= 0.3 is 0 Å². The second-order valence-corrected chi connectivity index (χ2v) is 5.00. The summed E-state index contributed by atoms with van der Waals surface area (Å²) in [5.41, 5.74) is 2.82. The van der Waals surface area contributed by atoms with Crippen LogP contribution in [0.4, 0.5) is 0 Å². The molecule has 0 aliphatic heterocycles. The number of hydrogen-bond donors (Lipinski definition) is 0. The minimum atomic E-state index is 0.756. The Kier molecular flexibility index (Phi) is 3.28. The van der Waals surface area contributed by atoms with Crippen LogP contribution in [-0.2, 0) is 0 Å². The molecule has 0 amide bonds. The fourth-order valence-corrected chi connectivity index (χ4v) is 2.78. The van der Waals surface area contributed by atoms with E-state index in [0.717, 1.165) is 38.1 Å². The molecule has 100 valence electrons. The predicted octanol–water partition coefficient (Wildman–Crippen LogP) is 5.15. The van der Waals surface area contributed by atoms with E-state index in [9.17, 15) is 0 Å². The van der Waals surface area contributed by atoms with Crippen LogP contribution in [0.3, 0.4) is 0 Å². The lowest BCUT2D eigenvalue weighted by Gasteiger charge is -2.09. The van der Waals surface area contributed by atoms with E-state index in [1.165, 1.54) is 0 Å². The summed E-state index contributed by atoms with van der Waals surface area (Å²) in [6.45, 7) is 1.94. The molecule has 2 nitrogen and oxygen atoms in total. The van der Waals surface area contributed by atoms with Gasteiger partial charge in [-0.25, -0.2) is 0 Å². The third-order valence-electron chi connectivity index (χ3n) is 3.34. The van der Waals surface area contributed by atoms with Gasteiger partial charge in [-0.1, -0.05) is 42.5 Å². The molecule has 0 atom stereocenters. The molecule has 20 heavy (non-hydrogen) atoms. The maximum Gasteiger partial charge on any atom is 0.139 e. The largest absolute Gasteiger partial charge is 0.497 e. The number of benzene rings is 2. The summed E-state index contributed by atoms with van der Waals surface area (Å²) < 4.78 is 12.0. The Morgan fingerprint density at radius 1 is 1.05 bits per heavy atom. The van der Waals surface area contributed by atoms with Crippen molar-refractivity contribution in [2.45, 2.75) is 6.92 Å². The van der Waals surface area contributed by atoms with Crippen molar-refractivity contribution < 1.29 is 9.15 Å². The maximum absolute atomic E-state index is 5.92. The van der Waals surface area contributed by atoms with Crippen LogP contribution < -0.4 is 4.74 Å². The van der Waals surface area contributed by atoms with Crippen LogP contribution in [0.25, 0.3) is 22.1 Å². The summed E-state index contributed by atoms with van der Waals surface area (Å²) in [4.78, 5) is 0. The van der Waals surface area contributed by atoms with Crippen molar-refractivity contribution in [2.75, 3.05) is 7.11 Å². The van der Waals surface area contributed by atoms with E-state index in [0.29, 0.717) is 0 Å². The Bertz CT molecular complexity index is 820. The molecular weight excluding hydrogens is 268 g/mol. The van der Waals surface area contributed by atoms with Crippen molar-refractivity contribution in [2.24, 2.45) is 0 Å². The summed E-state index contributed by atoms with van der Waals surface area (Å²) >= 11 is 5.64. The van der Waals surface area contributed by atoms with E-state index in [2.05, 4.69) is 0 Å². The minimum absolute atomic E-state index is 0.756. The second kappa shape index (κ2) is 5.10. The number of hydrogen-bond acceptors (Lipinski definition) is 3. The quantitative estimate of drug-likeness (QED) is 0.607. The average molecular weight is 282 g/mol. The highest BCUT2D eigenvalue weighted by atomic mass is 32.1. The van der Waals surface area contributed by atoms with Crippen LogP contribution in [0, 0.1) is 11.4 Å². The predicted molar refractivity (Wildman–Crippen MR) is 83.8 cm³/mol. The molecule has 0 aliphatic rings. The molecule has 0 fully saturated rings. The summed E-state index contributed by atoms with van der Waals surface area (Å²) in [5, 5.41) is 0.935. The molecule has 0 bridgehead atoms. The number of methoxy groups -OCH3 is 1. The van der Waals surface area contributed by atoms with Crippen LogP contribution in [0.1, 0.15) is 5.76 Å². The van der Waals surface area contributed by atoms with Crippen molar-refractivity contribution in [3.8, 4) is 16.9 Å². The van der Waals surface area contributed by atoms with Crippen LogP contribution >= 0.6 is 12.2 Å². The standard InChI is InChI=1S/C17H14O2S/c1-11-16(12-6-4-3-5-7-12)17(20)14-9-8-13(18-2)10-15(14)19-11/h3-10H,1-2H3. The highest BCUT2D eigenvalue weighted by molar-refractivity contribution is 7.71. The first-order valence-electron chi connectivity index (χ1n) is 6.37. The number of fused-ring (bicyclic) bond motifs is 1. The third-order valence-corrected chi connectivity index (χ3v) is 3.76.